The highest BCUT2D eigenvalue weighted by Crippen LogP contribution is 2.27. The van der Waals surface area contributed by atoms with Gasteiger partial charge in [-0.2, -0.15) is 5.90 Å². The number of carbonyl (C=O) groups excluding carboxylic acids is 2. The molecule has 0 aromatic heterocycles. The molecule has 180 valence electrons. The number of nitrogens with zero attached hydrogens (tertiary/aromatic N) is 1. The second kappa shape index (κ2) is 10.8. The Morgan fingerprint density at radius 2 is 1.80 bits per heavy atom. The summed E-state index contributed by atoms with van der Waals surface area (Å²) in [7, 11) is 0. The van der Waals surface area contributed by atoms with E-state index in [1.165, 1.54) is 11.1 Å². The van der Waals surface area contributed by atoms with E-state index in [1.54, 1.807) is 18.2 Å². The highest BCUT2D eigenvalue weighted by atomic mass is 35.5. The second-order valence-corrected chi connectivity index (χ2v) is 9.00. The van der Waals surface area contributed by atoms with E-state index in [0.717, 1.165) is 35.1 Å². The van der Waals surface area contributed by atoms with Crippen molar-refractivity contribution in [1.82, 2.24) is 0 Å². The summed E-state index contributed by atoms with van der Waals surface area (Å²) in [6.45, 7) is 4.30. The van der Waals surface area contributed by atoms with Crippen molar-refractivity contribution in [3.8, 4) is 0 Å². The molecular formula is C28H28ClN3O3. The van der Waals surface area contributed by atoms with Gasteiger partial charge >= 0.3 is 6.09 Å². The van der Waals surface area contributed by atoms with Crippen molar-refractivity contribution in [3.05, 3.63) is 99.1 Å². The molecule has 1 aliphatic rings. The third-order valence-electron chi connectivity index (χ3n) is 6.32. The highest BCUT2D eigenvalue weighted by Gasteiger charge is 2.26. The number of hydrogen-bond acceptors (Lipinski definition) is 5. The maximum Gasteiger partial charge on any atom is 0.430 e. The van der Waals surface area contributed by atoms with Gasteiger partial charge in [0.25, 0.3) is 0 Å². The minimum atomic E-state index is -0.757. The molecule has 3 aromatic rings. The van der Waals surface area contributed by atoms with Crippen LogP contribution in [0, 0.1) is 0 Å². The zero-order chi connectivity index (χ0) is 24.9. The van der Waals surface area contributed by atoms with Crippen LogP contribution in [0.3, 0.4) is 0 Å². The molecule has 1 aliphatic heterocycles. The first-order chi connectivity index (χ1) is 16.9. The average Bonchev–Trinajstić information content (AvgIpc) is 3.00. The van der Waals surface area contributed by atoms with Gasteiger partial charge in [-0.1, -0.05) is 61.8 Å². The van der Waals surface area contributed by atoms with Crippen LogP contribution in [0.4, 0.5) is 10.5 Å². The molecule has 3 N–H and O–H groups in total. The number of halogens is 1. The van der Waals surface area contributed by atoms with Gasteiger partial charge in [0.15, 0.2) is 5.78 Å². The van der Waals surface area contributed by atoms with E-state index < -0.39 is 12.1 Å². The van der Waals surface area contributed by atoms with E-state index in [4.69, 9.17) is 22.5 Å². The molecule has 0 saturated heterocycles. The summed E-state index contributed by atoms with van der Waals surface area (Å²) < 4.78 is 0. The zero-order valence-electron chi connectivity index (χ0n) is 19.8. The lowest BCUT2D eigenvalue weighted by Gasteiger charge is -2.14. The summed E-state index contributed by atoms with van der Waals surface area (Å²) in [5, 5.41) is 3.11. The smallest absolute Gasteiger partial charge is 0.357 e. The molecule has 4 rings (SSSR count). The fourth-order valence-corrected chi connectivity index (χ4v) is 4.65. The van der Waals surface area contributed by atoms with Gasteiger partial charge in [0.2, 0.25) is 0 Å². The summed E-state index contributed by atoms with van der Waals surface area (Å²) in [6.07, 6.45) is 2.00. The van der Waals surface area contributed by atoms with E-state index in [9.17, 15) is 9.59 Å². The Bertz CT molecular complexity index is 1290. The van der Waals surface area contributed by atoms with Gasteiger partial charge in [-0.15, -0.1) is 0 Å². The van der Waals surface area contributed by atoms with Gasteiger partial charge < -0.3 is 4.84 Å². The number of nitrogens with two attached hydrogens (primary N) is 1. The standard InChI is InChI=1S/C28H28ClN3O3/c1-3-18-6-5-17(13-19(18)4-2)14-25-26(33)15-21-7-10-22(29)16-24(21)27(32-25)20-8-11-23(12-9-20)31-28(34)35-30/h5-13,16,25H,3-4,14-15,30H2,1-2H3,(H,31,34). The molecule has 1 amide bonds. The quantitative estimate of drug-likeness (QED) is 0.449. The van der Waals surface area contributed by atoms with E-state index in [2.05, 4.69) is 42.2 Å². The Kier molecular flexibility index (Phi) is 7.63. The molecule has 3 aromatic carbocycles. The zero-order valence-corrected chi connectivity index (χ0v) is 20.6. The van der Waals surface area contributed by atoms with Gasteiger partial charge in [0, 0.05) is 34.7 Å². The molecule has 0 aliphatic carbocycles. The first kappa shape index (κ1) is 24.6. The maximum atomic E-state index is 13.3. The summed E-state index contributed by atoms with van der Waals surface area (Å²) >= 11 is 6.33. The largest absolute Gasteiger partial charge is 0.430 e. The fourth-order valence-electron chi connectivity index (χ4n) is 4.48. The number of aliphatic imine (C=N–C) groups is 1. The van der Waals surface area contributed by atoms with Crippen LogP contribution >= 0.6 is 11.6 Å². The SMILES string of the molecule is CCc1ccc(CC2N=C(c3ccc(NC(=O)ON)cc3)c3cc(Cl)ccc3CC2=O)cc1CC. The fraction of sp³-hybridized carbons (Fsp3) is 0.250. The number of aryl methyl sites for hydroxylation is 2. The number of ketones is 1. The maximum absolute atomic E-state index is 13.3. The molecule has 0 spiro atoms. The summed E-state index contributed by atoms with van der Waals surface area (Å²) in [5.74, 6) is 4.98. The van der Waals surface area contributed by atoms with Gasteiger partial charge in [-0.05, 0) is 59.4 Å². The van der Waals surface area contributed by atoms with Crippen LogP contribution in [-0.4, -0.2) is 23.6 Å². The van der Waals surface area contributed by atoms with Crippen LogP contribution in [-0.2, 0) is 35.3 Å². The summed E-state index contributed by atoms with van der Waals surface area (Å²) in [5.41, 5.74) is 7.52. The van der Waals surface area contributed by atoms with Gasteiger partial charge in [-0.3, -0.25) is 15.1 Å². The minimum Gasteiger partial charge on any atom is -0.357 e. The summed E-state index contributed by atoms with van der Waals surface area (Å²) in [4.78, 5) is 33.9. The molecule has 0 bridgehead atoms. The van der Waals surface area contributed by atoms with E-state index in [1.807, 2.05) is 24.3 Å². The lowest BCUT2D eigenvalue weighted by Crippen LogP contribution is -2.23. The Hall–Kier alpha value is -3.48. The number of carbonyl (C=O) groups is 2. The van der Waals surface area contributed by atoms with Crippen molar-refractivity contribution in [1.29, 1.82) is 0 Å². The minimum absolute atomic E-state index is 0.0742. The van der Waals surface area contributed by atoms with Crippen LogP contribution < -0.4 is 11.2 Å². The van der Waals surface area contributed by atoms with Crippen molar-refractivity contribution in [2.24, 2.45) is 10.9 Å². The van der Waals surface area contributed by atoms with Gasteiger partial charge in [-0.25, -0.2) is 4.79 Å². The van der Waals surface area contributed by atoms with Crippen LogP contribution in [0.2, 0.25) is 5.02 Å². The Balaban J connectivity index is 1.74. The third-order valence-corrected chi connectivity index (χ3v) is 6.56. The molecule has 7 heteroatoms. The molecule has 0 radical (unpaired) electrons. The van der Waals surface area contributed by atoms with Crippen molar-refractivity contribution >= 4 is 34.9 Å². The molecule has 35 heavy (non-hydrogen) atoms. The topological polar surface area (TPSA) is 93.8 Å². The van der Waals surface area contributed by atoms with Crippen LogP contribution in [0.25, 0.3) is 0 Å². The number of rotatable bonds is 6. The van der Waals surface area contributed by atoms with Crippen LogP contribution in [0.15, 0.2) is 65.7 Å². The lowest BCUT2D eigenvalue weighted by molar-refractivity contribution is -0.119. The number of amides is 1. The lowest BCUT2D eigenvalue weighted by atomic mass is 9.94. The van der Waals surface area contributed by atoms with Crippen LogP contribution in [0.1, 0.15) is 47.2 Å². The molecule has 1 atom stereocenters. The summed E-state index contributed by atoms with van der Waals surface area (Å²) in [6, 6.07) is 18.6. The predicted octanol–water partition coefficient (Wildman–Crippen LogP) is 5.46. The molecule has 1 unspecified atom stereocenters. The number of benzene rings is 3. The van der Waals surface area contributed by atoms with Gasteiger partial charge in [0.05, 0.1) is 5.71 Å². The molecule has 0 fully saturated rings. The molecule has 0 saturated carbocycles. The van der Waals surface area contributed by atoms with Crippen molar-refractivity contribution in [2.75, 3.05) is 5.32 Å². The highest BCUT2D eigenvalue weighted by molar-refractivity contribution is 6.31. The third kappa shape index (κ3) is 5.61. The molecule has 1 heterocycles. The Morgan fingerprint density at radius 1 is 1.06 bits per heavy atom. The van der Waals surface area contributed by atoms with Crippen molar-refractivity contribution in [3.63, 3.8) is 0 Å². The van der Waals surface area contributed by atoms with Gasteiger partial charge in [0.1, 0.15) is 6.04 Å². The van der Waals surface area contributed by atoms with E-state index in [-0.39, 0.29) is 5.78 Å². The monoisotopic (exact) mass is 489 g/mol. The number of hydrogen-bond donors (Lipinski definition) is 2. The van der Waals surface area contributed by atoms with E-state index >= 15 is 0 Å². The first-order valence-electron chi connectivity index (χ1n) is 11.7. The average molecular weight is 490 g/mol. The number of nitrogens with one attached hydrogen (secondary N) is 1. The van der Waals surface area contributed by atoms with Crippen molar-refractivity contribution in [2.45, 2.75) is 45.6 Å². The van der Waals surface area contributed by atoms with Crippen LogP contribution in [0.5, 0.6) is 0 Å². The first-order valence-corrected chi connectivity index (χ1v) is 12.1. The number of fused-ring (bicyclic) bond motifs is 1. The van der Waals surface area contributed by atoms with E-state index in [0.29, 0.717) is 29.3 Å². The number of anilines is 1. The Morgan fingerprint density at radius 3 is 2.49 bits per heavy atom. The molecular weight excluding hydrogens is 462 g/mol. The number of Topliss-reactive ketones (excluding diaryl/α,β-unsaturated/α-hetero) is 1. The normalized spacial score (nSPS) is 15.1. The Labute approximate surface area is 210 Å². The molecule has 6 nitrogen and oxygen atoms in total. The van der Waals surface area contributed by atoms with Crippen molar-refractivity contribution < 1.29 is 14.4 Å². The second-order valence-electron chi connectivity index (χ2n) is 8.56. The predicted molar refractivity (Wildman–Crippen MR) is 139 cm³/mol.